The topological polar surface area (TPSA) is 63.7 Å². The van der Waals surface area contributed by atoms with Crippen molar-refractivity contribution < 1.29 is 4.74 Å². The van der Waals surface area contributed by atoms with Crippen LogP contribution in [-0.4, -0.2) is 27.3 Å². The number of ether oxygens (including phenoxy) is 1. The van der Waals surface area contributed by atoms with Gasteiger partial charge in [-0.15, -0.1) is 10.2 Å². The van der Waals surface area contributed by atoms with Gasteiger partial charge in [0, 0.05) is 16.7 Å². The summed E-state index contributed by atoms with van der Waals surface area (Å²) in [4.78, 5) is 8.21. The van der Waals surface area contributed by atoms with Crippen LogP contribution in [0.2, 0.25) is 0 Å². The lowest BCUT2D eigenvalue weighted by molar-refractivity contribution is 0.415. The van der Waals surface area contributed by atoms with Crippen molar-refractivity contribution in [1.29, 1.82) is 0 Å². The van der Waals surface area contributed by atoms with Gasteiger partial charge in [-0.3, -0.25) is 0 Å². The molecule has 0 aliphatic rings. The van der Waals surface area contributed by atoms with Crippen molar-refractivity contribution in [3.05, 3.63) is 84.9 Å². The maximum atomic E-state index is 5.28. The van der Waals surface area contributed by atoms with Gasteiger partial charge in [0.05, 0.1) is 23.8 Å². The van der Waals surface area contributed by atoms with E-state index < -0.39 is 0 Å². The molecule has 0 bridgehead atoms. The molecule has 29 heavy (non-hydrogen) atoms. The molecule has 0 spiro atoms. The lowest BCUT2D eigenvalue weighted by Gasteiger charge is -2.09. The molecule has 5 aromatic rings. The Labute approximate surface area is 168 Å². The third-order valence-corrected chi connectivity index (χ3v) is 4.87. The van der Waals surface area contributed by atoms with Crippen molar-refractivity contribution in [3.8, 4) is 39.7 Å². The highest BCUT2D eigenvalue weighted by Crippen LogP contribution is 2.33. The molecule has 5 heteroatoms. The molecule has 0 radical (unpaired) electrons. The van der Waals surface area contributed by atoms with E-state index in [1.54, 1.807) is 7.11 Å². The summed E-state index contributed by atoms with van der Waals surface area (Å²) in [5.41, 5.74) is 6.35. The number of hydrogen-bond acceptors (Lipinski definition) is 4. The first-order valence-electron chi connectivity index (χ1n) is 9.34. The number of rotatable bonds is 4. The summed E-state index contributed by atoms with van der Waals surface area (Å²) in [7, 11) is 1.66. The zero-order valence-corrected chi connectivity index (χ0v) is 15.8. The summed E-state index contributed by atoms with van der Waals surface area (Å²) in [6.07, 6.45) is 0. The van der Waals surface area contributed by atoms with E-state index in [2.05, 4.69) is 15.2 Å². The van der Waals surface area contributed by atoms with Crippen molar-refractivity contribution >= 4 is 11.0 Å². The van der Waals surface area contributed by atoms with E-state index in [-0.39, 0.29) is 0 Å². The quantitative estimate of drug-likeness (QED) is 0.457. The van der Waals surface area contributed by atoms with Crippen molar-refractivity contribution in [2.45, 2.75) is 0 Å². The molecule has 140 valence electrons. The second-order valence-corrected chi connectivity index (χ2v) is 6.69. The molecular formula is C24H18N4O. The van der Waals surface area contributed by atoms with E-state index in [9.17, 15) is 0 Å². The third kappa shape index (κ3) is 3.23. The smallest absolute Gasteiger partial charge is 0.140 e. The minimum absolute atomic E-state index is 0.768. The fourth-order valence-electron chi connectivity index (χ4n) is 3.36. The van der Waals surface area contributed by atoms with Crippen LogP contribution in [0.4, 0.5) is 0 Å². The van der Waals surface area contributed by atoms with Gasteiger partial charge in [-0.05, 0) is 42.5 Å². The first kappa shape index (κ1) is 17.1. The highest BCUT2D eigenvalue weighted by molar-refractivity contribution is 5.85. The number of aromatic amines is 1. The Hall–Kier alpha value is -3.99. The highest BCUT2D eigenvalue weighted by atomic mass is 16.5. The SMILES string of the molecule is COc1ccc(-c2nnc(-c3ccccc3)cc2-c2nc3ccccc3[nH]2)cc1. The van der Waals surface area contributed by atoms with E-state index in [0.717, 1.165) is 50.7 Å². The van der Waals surface area contributed by atoms with E-state index in [1.807, 2.05) is 84.9 Å². The molecule has 5 nitrogen and oxygen atoms in total. The molecule has 2 aromatic heterocycles. The lowest BCUT2D eigenvalue weighted by Crippen LogP contribution is -1.96. The first-order valence-corrected chi connectivity index (χ1v) is 9.34. The summed E-state index contributed by atoms with van der Waals surface area (Å²) in [6, 6.07) is 27.9. The maximum absolute atomic E-state index is 5.28. The number of methoxy groups -OCH3 is 1. The van der Waals surface area contributed by atoms with Gasteiger partial charge in [-0.2, -0.15) is 0 Å². The standard InChI is InChI=1S/C24H18N4O/c1-29-18-13-11-17(12-14-18)23-19(24-25-20-9-5-6-10-21(20)26-24)15-22(27-28-23)16-7-3-2-4-8-16/h2-15H,1H3,(H,25,26). The van der Waals surface area contributed by atoms with Crippen molar-refractivity contribution in [1.82, 2.24) is 20.2 Å². The number of para-hydroxylation sites is 2. The maximum Gasteiger partial charge on any atom is 0.140 e. The van der Waals surface area contributed by atoms with Crippen LogP contribution in [0.25, 0.3) is 44.9 Å². The fourth-order valence-corrected chi connectivity index (χ4v) is 3.36. The molecule has 0 unspecified atom stereocenters. The van der Waals surface area contributed by atoms with Crippen LogP contribution in [0.15, 0.2) is 84.9 Å². The minimum Gasteiger partial charge on any atom is -0.497 e. The molecule has 0 atom stereocenters. The van der Waals surface area contributed by atoms with E-state index in [0.29, 0.717) is 0 Å². The van der Waals surface area contributed by atoms with Gasteiger partial charge in [0.2, 0.25) is 0 Å². The summed E-state index contributed by atoms with van der Waals surface area (Å²) < 4.78 is 5.28. The average molecular weight is 378 g/mol. The van der Waals surface area contributed by atoms with Gasteiger partial charge < -0.3 is 9.72 Å². The average Bonchev–Trinajstić information content (AvgIpc) is 3.24. The monoisotopic (exact) mass is 378 g/mol. The number of aromatic nitrogens is 4. The molecule has 0 aliphatic heterocycles. The van der Waals surface area contributed by atoms with Crippen molar-refractivity contribution in [2.75, 3.05) is 7.11 Å². The molecule has 3 aromatic carbocycles. The minimum atomic E-state index is 0.768. The molecule has 1 N–H and O–H groups in total. The molecule has 0 saturated heterocycles. The highest BCUT2D eigenvalue weighted by Gasteiger charge is 2.16. The number of imidazole rings is 1. The number of nitrogens with one attached hydrogen (secondary N) is 1. The molecule has 5 rings (SSSR count). The van der Waals surface area contributed by atoms with Crippen molar-refractivity contribution in [3.63, 3.8) is 0 Å². The predicted molar refractivity (Wildman–Crippen MR) is 115 cm³/mol. The zero-order chi connectivity index (χ0) is 19.6. The van der Waals surface area contributed by atoms with E-state index in [1.165, 1.54) is 0 Å². The van der Waals surface area contributed by atoms with Crippen LogP contribution >= 0.6 is 0 Å². The summed E-state index contributed by atoms with van der Waals surface area (Å²) in [5.74, 6) is 1.57. The molecule has 0 aliphatic carbocycles. The van der Waals surface area contributed by atoms with Gasteiger partial charge in [0.1, 0.15) is 17.3 Å². The second-order valence-electron chi connectivity index (χ2n) is 6.69. The summed E-state index contributed by atoms with van der Waals surface area (Å²) >= 11 is 0. The van der Waals surface area contributed by atoms with E-state index >= 15 is 0 Å². The van der Waals surface area contributed by atoms with Gasteiger partial charge in [-0.1, -0.05) is 42.5 Å². The number of hydrogen-bond donors (Lipinski definition) is 1. The summed E-state index contributed by atoms with van der Waals surface area (Å²) in [5, 5.41) is 9.06. The molecular weight excluding hydrogens is 360 g/mol. The van der Waals surface area contributed by atoms with Crippen LogP contribution < -0.4 is 4.74 Å². The second kappa shape index (κ2) is 7.20. The Morgan fingerprint density at radius 3 is 2.28 bits per heavy atom. The molecule has 0 amide bonds. The first-order chi connectivity index (χ1) is 14.3. The fraction of sp³-hybridized carbons (Fsp3) is 0.0417. The van der Waals surface area contributed by atoms with Crippen LogP contribution in [0.5, 0.6) is 5.75 Å². The summed E-state index contributed by atoms with van der Waals surface area (Å²) in [6.45, 7) is 0. The third-order valence-electron chi connectivity index (χ3n) is 4.87. The normalized spacial score (nSPS) is 10.9. The Bertz CT molecular complexity index is 1240. The van der Waals surface area contributed by atoms with Gasteiger partial charge in [-0.25, -0.2) is 4.98 Å². The van der Waals surface area contributed by atoms with Crippen LogP contribution in [-0.2, 0) is 0 Å². The Kier molecular flexibility index (Phi) is 4.26. The number of fused-ring (bicyclic) bond motifs is 1. The molecule has 2 heterocycles. The van der Waals surface area contributed by atoms with Crippen LogP contribution in [0.1, 0.15) is 0 Å². The Morgan fingerprint density at radius 2 is 1.52 bits per heavy atom. The van der Waals surface area contributed by atoms with Gasteiger partial charge >= 0.3 is 0 Å². The number of nitrogens with zero attached hydrogens (tertiary/aromatic N) is 3. The zero-order valence-electron chi connectivity index (χ0n) is 15.8. The number of benzene rings is 3. The van der Waals surface area contributed by atoms with Gasteiger partial charge in [0.15, 0.2) is 0 Å². The number of H-pyrrole nitrogens is 1. The Balaban J connectivity index is 1.71. The van der Waals surface area contributed by atoms with Crippen LogP contribution in [0.3, 0.4) is 0 Å². The van der Waals surface area contributed by atoms with Gasteiger partial charge in [0.25, 0.3) is 0 Å². The predicted octanol–water partition coefficient (Wildman–Crippen LogP) is 5.36. The van der Waals surface area contributed by atoms with Crippen LogP contribution in [0, 0.1) is 0 Å². The van der Waals surface area contributed by atoms with Crippen molar-refractivity contribution in [2.24, 2.45) is 0 Å². The molecule has 0 saturated carbocycles. The van der Waals surface area contributed by atoms with E-state index in [4.69, 9.17) is 9.72 Å². The lowest BCUT2D eigenvalue weighted by atomic mass is 10.0. The molecule has 0 fully saturated rings. The largest absolute Gasteiger partial charge is 0.497 e. The Morgan fingerprint density at radius 1 is 0.759 bits per heavy atom.